The van der Waals surface area contributed by atoms with E-state index < -0.39 is 10.0 Å². The van der Waals surface area contributed by atoms with Gasteiger partial charge in [-0.25, -0.2) is 13.1 Å². The molecule has 0 heterocycles. The predicted octanol–water partition coefficient (Wildman–Crippen LogP) is 3.69. The van der Waals surface area contributed by atoms with E-state index in [9.17, 15) is 8.42 Å². The summed E-state index contributed by atoms with van der Waals surface area (Å²) in [4.78, 5) is 0.228. The van der Waals surface area contributed by atoms with Crippen LogP contribution in [0.5, 0.6) is 0 Å². The van der Waals surface area contributed by atoms with Crippen LogP contribution in [0.2, 0.25) is 0 Å². The summed E-state index contributed by atoms with van der Waals surface area (Å²) in [6.45, 7) is 0.270. The molecule has 0 saturated heterocycles. The minimum Gasteiger partial charge on any atom is -0.207 e. The van der Waals surface area contributed by atoms with E-state index in [0.29, 0.717) is 4.47 Å². The van der Waals surface area contributed by atoms with Crippen molar-refractivity contribution in [1.82, 2.24) is 4.72 Å². The Morgan fingerprint density at radius 3 is 2.32 bits per heavy atom. The summed E-state index contributed by atoms with van der Waals surface area (Å²) in [6, 6.07) is 14.3. The Hall–Kier alpha value is -0.690. The molecule has 3 nitrogen and oxygen atoms in total. The molecule has 0 spiro atoms. The molecule has 0 aromatic heterocycles. The molecule has 0 radical (unpaired) electrons. The zero-order chi connectivity index (χ0) is 13.9. The Bertz CT molecular complexity index is 672. The highest BCUT2D eigenvalue weighted by Gasteiger charge is 2.17. The molecule has 100 valence electrons. The van der Waals surface area contributed by atoms with Gasteiger partial charge in [-0.3, -0.25) is 0 Å². The number of hydrogen-bond acceptors (Lipinski definition) is 2. The van der Waals surface area contributed by atoms with Gasteiger partial charge in [0.2, 0.25) is 10.0 Å². The first kappa shape index (κ1) is 14.7. The molecule has 6 heteroatoms. The molecule has 0 saturated carbocycles. The highest BCUT2D eigenvalue weighted by atomic mass is 79.9. The van der Waals surface area contributed by atoms with Crippen LogP contribution >= 0.6 is 31.9 Å². The minimum absolute atomic E-state index is 0.228. The lowest BCUT2D eigenvalue weighted by molar-refractivity contribution is 0.581. The van der Waals surface area contributed by atoms with E-state index in [1.54, 1.807) is 18.2 Å². The van der Waals surface area contributed by atoms with E-state index in [4.69, 9.17) is 0 Å². The van der Waals surface area contributed by atoms with Gasteiger partial charge in [0.15, 0.2) is 0 Å². The first-order valence-corrected chi connectivity index (χ1v) is 8.54. The summed E-state index contributed by atoms with van der Waals surface area (Å²) in [7, 11) is -3.52. The van der Waals surface area contributed by atoms with E-state index in [0.717, 1.165) is 10.0 Å². The highest BCUT2D eigenvalue weighted by molar-refractivity contribution is 9.11. The number of nitrogens with one attached hydrogen (secondary N) is 1. The molecule has 2 rings (SSSR count). The SMILES string of the molecule is O=S(=O)(NCc1ccccc1)c1ccc(Br)cc1Br. The molecule has 1 N–H and O–H groups in total. The van der Waals surface area contributed by atoms with Crippen LogP contribution in [0.1, 0.15) is 5.56 Å². The van der Waals surface area contributed by atoms with Crippen molar-refractivity contribution in [2.24, 2.45) is 0 Å². The minimum atomic E-state index is -3.52. The van der Waals surface area contributed by atoms with Gasteiger partial charge < -0.3 is 0 Å². The van der Waals surface area contributed by atoms with Crippen molar-refractivity contribution in [2.45, 2.75) is 11.4 Å². The van der Waals surface area contributed by atoms with Gasteiger partial charge in [-0.15, -0.1) is 0 Å². The van der Waals surface area contributed by atoms with Crippen molar-refractivity contribution in [3.05, 3.63) is 63.0 Å². The molecule has 0 atom stereocenters. The van der Waals surface area contributed by atoms with Crippen LogP contribution in [0.3, 0.4) is 0 Å². The fourth-order valence-corrected chi connectivity index (χ4v) is 4.31. The van der Waals surface area contributed by atoms with Crippen molar-refractivity contribution in [2.75, 3.05) is 0 Å². The fourth-order valence-electron chi connectivity index (χ4n) is 1.55. The molecule has 0 bridgehead atoms. The molecule has 19 heavy (non-hydrogen) atoms. The largest absolute Gasteiger partial charge is 0.241 e. The summed E-state index contributed by atoms with van der Waals surface area (Å²) >= 11 is 6.55. The normalized spacial score (nSPS) is 11.5. The maximum atomic E-state index is 12.2. The summed E-state index contributed by atoms with van der Waals surface area (Å²) in [5, 5.41) is 0. The topological polar surface area (TPSA) is 46.2 Å². The first-order valence-electron chi connectivity index (χ1n) is 5.48. The monoisotopic (exact) mass is 403 g/mol. The van der Waals surface area contributed by atoms with Crippen LogP contribution in [-0.2, 0) is 16.6 Å². The van der Waals surface area contributed by atoms with Gasteiger partial charge in [0.25, 0.3) is 0 Å². The second-order valence-corrected chi connectivity index (χ2v) is 7.39. The highest BCUT2D eigenvalue weighted by Crippen LogP contribution is 2.25. The molecule has 0 aliphatic carbocycles. The molecule has 0 aliphatic rings. The Morgan fingerprint density at radius 2 is 1.68 bits per heavy atom. The number of benzene rings is 2. The van der Waals surface area contributed by atoms with Crippen LogP contribution in [0.4, 0.5) is 0 Å². The predicted molar refractivity (Wildman–Crippen MR) is 82.3 cm³/mol. The van der Waals surface area contributed by atoms with E-state index in [2.05, 4.69) is 36.6 Å². The molecule has 2 aromatic carbocycles. The summed E-state index contributed by atoms with van der Waals surface area (Å²) in [5.41, 5.74) is 0.916. The van der Waals surface area contributed by atoms with Gasteiger partial charge in [-0.2, -0.15) is 0 Å². The summed E-state index contributed by atoms with van der Waals surface area (Å²) < 4.78 is 28.3. The van der Waals surface area contributed by atoms with Crippen molar-refractivity contribution >= 4 is 41.9 Å². The Kier molecular flexibility index (Phi) is 4.78. The van der Waals surface area contributed by atoms with Crippen molar-refractivity contribution in [3.8, 4) is 0 Å². The molecule has 0 aliphatic heterocycles. The smallest absolute Gasteiger partial charge is 0.207 e. The third kappa shape index (κ3) is 3.89. The van der Waals surface area contributed by atoms with E-state index in [1.165, 1.54) is 0 Å². The number of sulfonamides is 1. The second-order valence-electron chi connectivity index (χ2n) is 3.88. The average Bonchev–Trinajstić information content (AvgIpc) is 2.37. The van der Waals surface area contributed by atoms with Crippen LogP contribution in [-0.4, -0.2) is 8.42 Å². The van der Waals surface area contributed by atoms with Crippen molar-refractivity contribution in [1.29, 1.82) is 0 Å². The lowest BCUT2D eigenvalue weighted by atomic mass is 10.2. The lowest BCUT2D eigenvalue weighted by Crippen LogP contribution is -2.23. The zero-order valence-electron chi connectivity index (χ0n) is 9.81. The van der Waals surface area contributed by atoms with Crippen LogP contribution in [0.15, 0.2) is 62.4 Å². The van der Waals surface area contributed by atoms with E-state index in [-0.39, 0.29) is 11.4 Å². The lowest BCUT2D eigenvalue weighted by Gasteiger charge is -2.08. The molecule has 0 amide bonds. The Labute approximate surface area is 129 Å². The van der Waals surface area contributed by atoms with Crippen molar-refractivity contribution in [3.63, 3.8) is 0 Å². The number of halogens is 2. The number of hydrogen-bond donors (Lipinski definition) is 1. The molecular formula is C13H11Br2NO2S. The standard InChI is InChI=1S/C13H11Br2NO2S/c14-11-6-7-13(12(15)8-11)19(17,18)16-9-10-4-2-1-3-5-10/h1-8,16H,9H2. The number of rotatable bonds is 4. The Balaban J connectivity index is 2.19. The zero-order valence-corrected chi connectivity index (χ0v) is 13.8. The third-order valence-corrected chi connectivity index (χ3v) is 5.36. The molecule has 0 fully saturated rings. The molecule has 2 aromatic rings. The Morgan fingerprint density at radius 1 is 1.00 bits per heavy atom. The summed E-state index contributed by atoms with van der Waals surface area (Å²) in [6.07, 6.45) is 0. The van der Waals surface area contributed by atoms with Gasteiger partial charge in [-0.05, 0) is 39.7 Å². The van der Waals surface area contributed by atoms with Crippen LogP contribution in [0, 0.1) is 0 Å². The quantitative estimate of drug-likeness (QED) is 0.844. The maximum Gasteiger partial charge on any atom is 0.241 e. The van der Waals surface area contributed by atoms with Gasteiger partial charge >= 0.3 is 0 Å². The van der Waals surface area contributed by atoms with Crippen molar-refractivity contribution < 1.29 is 8.42 Å². The van der Waals surface area contributed by atoms with Crippen LogP contribution in [0.25, 0.3) is 0 Å². The van der Waals surface area contributed by atoms with Gasteiger partial charge in [0, 0.05) is 15.5 Å². The average molecular weight is 405 g/mol. The summed E-state index contributed by atoms with van der Waals surface area (Å²) in [5.74, 6) is 0. The van der Waals surface area contributed by atoms with Gasteiger partial charge in [-0.1, -0.05) is 46.3 Å². The van der Waals surface area contributed by atoms with E-state index >= 15 is 0 Å². The van der Waals surface area contributed by atoms with Gasteiger partial charge in [0.05, 0.1) is 4.90 Å². The van der Waals surface area contributed by atoms with Gasteiger partial charge in [0.1, 0.15) is 0 Å². The third-order valence-electron chi connectivity index (χ3n) is 2.49. The maximum absolute atomic E-state index is 12.2. The molecular weight excluding hydrogens is 394 g/mol. The second kappa shape index (κ2) is 6.17. The fraction of sp³-hybridized carbons (Fsp3) is 0.0769. The van der Waals surface area contributed by atoms with Crippen LogP contribution < -0.4 is 4.72 Å². The van der Waals surface area contributed by atoms with E-state index in [1.807, 2.05) is 30.3 Å². The first-order chi connectivity index (χ1) is 8.99. The molecule has 0 unspecified atom stereocenters.